The molecule has 0 aliphatic heterocycles. The first-order chi connectivity index (χ1) is 8.13. The van der Waals surface area contributed by atoms with Crippen LogP contribution in [-0.4, -0.2) is 33.3 Å². The average molecular weight is 236 g/mol. The lowest BCUT2D eigenvalue weighted by atomic mass is 10.2. The van der Waals surface area contributed by atoms with Gasteiger partial charge < -0.3 is 15.7 Å². The van der Waals surface area contributed by atoms with Crippen molar-refractivity contribution in [1.29, 1.82) is 0 Å². The van der Waals surface area contributed by atoms with Gasteiger partial charge in [0.15, 0.2) is 0 Å². The Kier molecular flexibility index (Phi) is 4.57. The van der Waals surface area contributed by atoms with E-state index in [4.69, 9.17) is 11.5 Å². The largest absolute Gasteiger partial charge is 0.480 e. The molecule has 4 N–H and O–H groups in total. The van der Waals surface area contributed by atoms with Crippen LogP contribution in [0.5, 0.6) is 0 Å². The summed E-state index contributed by atoms with van der Waals surface area (Å²) in [6.45, 7) is 0.255. The molecule has 7 heteroatoms. The highest BCUT2D eigenvalue weighted by atomic mass is 16.4. The first-order valence-electron chi connectivity index (χ1n) is 4.81. The zero-order chi connectivity index (χ0) is 12.7. The van der Waals surface area contributed by atoms with Gasteiger partial charge in [0, 0.05) is 24.7 Å². The SMILES string of the molecule is C#CCC(NC(=O)NCc1cn[nH]c1)C(=O)O. The number of aromatic nitrogens is 2. The number of hydrogen-bond acceptors (Lipinski definition) is 3. The minimum absolute atomic E-state index is 0.0610. The number of rotatable bonds is 5. The van der Waals surface area contributed by atoms with Crippen LogP contribution in [0.15, 0.2) is 12.4 Å². The Bertz CT molecular complexity index is 421. The van der Waals surface area contributed by atoms with Crippen molar-refractivity contribution < 1.29 is 14.7 Å². The summed E-state index contributed by atoms with van der Waals surface area (Å²) in [7, 11) is 0. The molecule has 1 aromatic heterocycles. The highest BCUT2D eigenvalue weighted by Crippen LogP contribution is 1.93. The molecule has 0 bridgehead atoms. The fourth-order valence-corrected chi connectivity index (χ4v) is 1.08. The predicted octanol–water partition coefficient (Wildman–Crippen LogP) is -0.315. The van der Waals surface area contributed by atoms with Crippen LogP contribution in [0.25, 0.3) is 0 Å². The standard InChI is InChI=1S/C10H12N4O3/c1-2-3-8(9(15)16)14-10(17)11-4-7-5-12-13-6-7/h1,5-6,8H,3-4H2,(H,12,13)(H,15,16)(H2,11,14,17). The number of aromatic amines is 1. The summed E-state index contributed by atoms with van der Waals surface area (Å²) >= 11 is 0. The molecule has 0 saturated carbocycles. The molecule has 90 valence electrons. The molecule has 0 aliphatic rings. The Balaban J connectivity index is 2.37. The third kappa shape index (κ3) is 4.25. The second-order valence-electron chi connectivity index (χ2n) is 3.23. The Hall–Kier alpha value is -2.49. The van der Waals surface area contributed by atoms with E-state index >= 15 is 0 Å². The summed E-state index contributed by atoms with van der Waals surface area (Å²) in [4.78, 5) is 22.0. The van der Waals surface area contributed by atoms with Crippen LogP contribution in [0, 0.1) is 12.3 Å². The number of aliphatic carboxylic acids is 1. The monoisotopic (exact) mass is 236 g/mol. The normalized spacial score (nSPS) is 11.2. The second-order valence-corrected chi connectivity index (χ2v) is 3.23. The number of hydrogen-bond donors (Lipinski definition) is 4. The maximum absolute atomic E-state index is 11.3. The van der Waals surface area contributed by atoms with Gasteiger partial charge in [-0.2, -0.15) is 5.10 Å². The van der Waals surface area contributed by atoms with Crippen LogP contribution in [0.1, 0.15) is 12.0 Å². The number of carboxylic acid groups (broad SMARTS) is 1. The molecule has 1 heterocycles. The smallest absolute Gasteiger partial charge is 0.327 e. The summed E-state index contributed by atoms with van der Waals surface area (Å²) in [5, 5.41) is 19.8. The fraction of sp³-hybridized carbons (Fsp3) is 0.300. The molecule has 0 fully saturated rings. The molecular weight excluding hydrogens is 224 g/mol. The molecule has 0 radical (unpaired) electrons. The van der Waals surface area contributed by atoms with E-state index in [2.05, 4.69) is 26.8 Å². The number of urea groups is 1. The molecule has 1 rings (SSSR count). The lowest BCUT2D eigenvalue weighted by Crippen LogP contribution is -2.45. The van der Waals surface area contributed by atoms with E-state index in [0.29, 0.717) is 0 Å². The van der Waals surface area contributed by atoms with Crippen LogP contribution in [0.3, 0.4) is 0 Å². The minimum atomic E-state index is -1.17. The molecule has 1 unspecified atom stereocenters. The van der Waals surface area contributed by atoms with E-state index in [0.717, 1.165) is 5.56 Å². The van der Waals surface area contributed by atoms with E-state index in [9.17, 15) is 9.59 Å². The maximum atomic E-state index is 11.3. The number of carbonyl (C=O) groups is 2. The molecule has 17 heavy (non-hydrogen) atoms. The predicted molar refractivity (Wildman–Crippen MR) is 58.8 cm³/mol. The molecule has 0 aromatic carbocycles. The van der Waals surface area contributed by atoms with Gasteiger partial charge in [-0.1, -0.05) is 0 Å². The van der Waals surface area contributed by atoms with Crippen molar-refractivity contribution in [2.24, 2.45) is 0 Å². The van der Waals surface area contributed by atoms with Gasteiger partial charge in [-0.25, -0.2) is 9.59 Å². The zero-order valence-electron chi connectivity index (χ0n) is 8.93. The number of terminal acetylenes is 1. The first-order valence-corrected chi connectivity index (χ1v) is 4.81. The van der Waals surface area contributed by atoms with E-state index in [-0.39, 0.29) is 13.0 Å². The molecule has 1 aromatic rings. The van der Waals surface area contributed by atoms with Crippen LogP contribution < -0.4 is 10.6 Å². The lowest BCUT2D eigenvalue weighted by molar-refractivity contribution is -0.139. The number of carbonyl (C=O) groups excluding carboxylic acids is 1. The highest BCUT2D eigenvalue weighted by molar-refractivity contribution is 5.82. The summed E-state index contributed by atoms with van der Waals surface area (Å²) in [6.07, 6.45) is 8.11. The van der Waals surface area contributed by atoms with Gasteiger partial charge in [-0.3, -0.25) is 5.10 Å². The Morgan fingerprint density at radius 1 is 1.65 bits per heavy atom. The Morgan fingerprint density at radius 2 is 2.41 bits per heavy atom. The quantitative estimate of drug-likeness (QED) is 0.526. The molecule has 0 saturated heterocycles. The van der Waals surface area contributed by atoms with Crippen LogP contribution in [0.4, 0.5) is 4.79 Å². The lowest BCUT2D eigenvalue weighted by Gasteiger charge is -2.12. The summed E-state index contributed by atoms with van der Waals surface area (Å²) < 4.78 is 0. The Morgan fingerprint density at radius 3 is 2.94 bits per heavy atom. The number of nitrogens with zero attached hydrogens (tertiary/aromatic N) is 1. The minimum Gasteiger partial charge on any atom is -0.480 e. The van der Waals surface area contributed by atoms with Gasteiger partial charge in [0.2, 0.25) is 0 Å². The highest BCUT2D eigenvalue weighted by Gasteiger charge is 2.18. The van der Waals surface area contributed by atoms with Gasteiger partial charge in [-0.05, 0) is 0 Å². The van der Waals surface area contributed by atoms with E-state index < -0.39 is 18.0 Å². The van der Waals surface area contributed by atoms with E-state index in [1.165, 1.54) is 0 Å². The average Bonchev–Trinajstić information content (AvgIpc) is 2.78. The van der Waals surface area contributed by atoms with Gasteiger partial charge in [0.05, 0.1) is 6.20 Å². The summed E-state index contributed by atoms with van der Waals surface area (Å²) in [5.41, 5.74) is 0.781. The van der Waals surface area contributed by atoms with Gasteiger partial charge in [-0.15, -0.1) is 12.3 Å². The Labute approximate surface area is 97.6 Å². The van der Waals surface area contributed by atoms with Crippen LogP contribution in [0.2, 0.25) is 0 Å². The number of carboxylic acids is 1. The number of amides is 2. The molecule has 0 aliphatic carbocycles. The first kappa shape index (κ1) is 12.6. The van der Waals surface area contributed by atoms with Crippen molar-refractivity contribution in [2.75, 3.05) is 0 Å². The number of H-pyrrole nitrogens is 1. The summed E-state index contributed by atoms with van der Waals surface area (Å²) in [6, 6.07) is -1.67. The van der Waals surface area contributed by atoms with Crippen LogP contribution >= 0.6 is 0 Å². The van der Waals surface area contributed by atoms with Gasteiger partial charge in [0.25, 0.3) is 0 Å². The fourth-order valence-electron chi connectivity index (χ4n) is 1.08. The van der Waals surface area contributed by atoms with Crippen molar-refractivity contribution in [3.63, 3.8) is 0 Å². The third-order valence-corrected chi connectivity index (χ3v) is 1.93. The van der Waals surface area contributed by atoms with Crippen molar-refractivity contribution in [2.45, 2.75) is 19.0 Å². The van der Waals surface area contributed by atoms with Gasteiger partial charge in [0.1, 0.15) is 6.04 Å². The van der Waals surface area contributed by atoms with Crippen molar-refractivity contribution in [1.82, 2.24) is 20.8 Å². The van der Waals surface area contributed by atoms with E-state index in [1.54, 1.807) is 12.4 Å². The molecule has 1 atom stereocenters. The van der Waals surface area contributed by atoms with Gasteiger partial charge >= 0.3 is 12.0 Å². The molecule has 7 nitrogen and oxygen atoms in total. The molecule has 2 amide bonds. The second kappa shape index (κ2) is 6.17. The van der Waals surface area contributed by atoms with Crippen molar-refractivity contribution >= 4 is 12.0 Å². The summed E-state index contributed by atoms with van der Waals surface area (Å²) in [5.74, 6) is 1.02. The molecular formula is C10H12N4O3. The maximum Gasteiger partial charge on any atom is 0.327 e. The number of nitrogens with one attached hydrogen (secondary N) is 3. The third-order valence-electron chi connectivity index (χ3n) is 1.93. The van der Waals surface area contributed by atoms with E-state index in [1.807, 2.05) is 0 Å². The van der Waals surface area contributed by atoms with Crippen LogP contribution in [-0.2, 0) is 11.3 Å². The zero-order valence-corrected chi connectivity index (χ0v) is 8.93. The molecule has 0 spiro atoms. The topological polar surface area (TPSA) is 107 Å². The van der Waals surface area contributed by atoms with Crippen molar-refractivity contribution in [3.05, 3.63) is 18.0 Å². The van der Waals surface area contributed by atoms with Crippen molar-refractivity contribution in [3.8, 4) is 12.3 Å².